The minimum absolute atomic E-state index is 0.273. The summed E-state index contributed by atoms with van der Waals surface area (Å²) in [7, 11) is 0. The quantitative estimate of drug-likeness (QED) is 0.810. The minimum atomic E-state index is 0.273. The molecule has 1 aliphatic carbocycles. The lowest BCUT2D eigenvalue weighted by atomic mass is 9.77. The molecule has 2 aliphatic rings. The average molecular weight is 238 g/mol. The molecular formula is C15H30N2. The summed E-state index contributed by atoms with van der Waals surface area (Å²) in [6.07, 6.45) is 8.91. The Balaban J connectivity index is 1.79. The summed E-state index contributed by atoms with van der Waals surface area (Å²) in [5.41, 5.74) is 1.04. The van der Waals surface area contributed by atoms with E-state index >= 15 is 0 Å². The highest BCUT2D eigenvalue weighted by atomic mass is 15.2. The predicted molar refractivity (Wildman–Crippen MR) is 74.3 cm³/mol. The lowest BCUT2D eigenvalue weighted by Crippen LogP contribution is -2.51. The third-order valence-corrected chi connectivity index (χ3v) is 4.86. The van der Waals surface area contributed by atoms with Gasteiger partial charge in [-0.05, 0) is 64.6 Å². The van der Waals surface area contributed by atoms with Crippen LogP contribution in [0.4, 0.5) is 0 Å². The Bertz CT molecular complexity index is 231. The van der Waals surface area contributed by atoms with Crippen LogP contribution in [0.25, 0.3) is 0 Å². The van der Waals surface area contributed by atoms with Gasteiger partial charge in [0.15, 0.2) is 0 Å². The van der Waals surface area contributed by atoms with Crippen LogP contribution >= 0.6 is 0 Å². The number of piperidine rings is 1. The second kappa shape index (κ2) is 5.27. The monoisotopic (exact) mass is 238 g/mol. The van der Waals surface area contributed by atoms with E-state index in [1.54, 1.807) is 0 Å². The maximum atomic E-state index is 3.59. The summed E-state index contributed by atoms with van der Waals surface area (Å²) in [6.45, 7) is 11.8. The molecule has 0 unspecified atom stereocenters. The second-order valence-corrected chi connectivity index (χ2v) is 6.90. The Morgan fingerprint density at radius 1 is 1.06 bits per heavy atom. The molecule has 17 heavy (non-hydrogen) atoms. The molecule has 2 rings (SSSR count). The molecule has 0 aromatic heterocycles. The number of nitrogens with one attached hydrogen (secondary N) is 1. The van der Waals surface area contributed by atoms with E-state index in [2.05, 4.69) is 31.0 Å². The number of likely N-dealkylation sites (N-methyl/N-ethyl adjacent to an activating group) is 1. The van der Waals surface area contributed by atoms with E-state index in [1.165, 1.54) is 58.2 Å². The standard InChI is InChI=1S/C15H30N2/c1-4-16-14(2,3)13-17-11-9-15(10-12-17)7-5-6-8-15/h16H,4-13H2,1-3H3. The van der Waals surface area contributed by atoms with Gasteiger partial charge in [-0.1, -0.05) is 19.8 Å². The summed E-state index contributed by atoms with van der Waals surface area (Å²) >= 11 is 0. The van der Waals surface area contributed by atoms with Crippen molar-refractivity contribution < 1.29 is 0 Å². The molecule has 1 saturated carbocycles. The Kier molecular flexibility index (Phi) is 4.14. The van der Waals surface area contributed by atoms with Crippen molar-refractivity contribution in [2.75, 3.05) is 26.2 Å². The Hall–Kier alpha value is -0.0800. The van der Waals surface area contributed by atoms with E-state index in [0.717, 1.165) is 12.0 Å². The first-order valence-corrected chi connectivity index (χ1v) is 7.53. The van der Waals surface area contributed by atoms with Crippen molar-refractivity contribution in [2.24, 2.45) is 5.41 Å². The van der Waals surface area contributed by atoms with Crippen molar-refractivity contribution in [3.8, 4) is 0 Å². The molecule has 1 saturated heterocycles. The zero-order valence-electron chi connectivity index (χ0n) is 12.0. The predicted octanol–water partition coefficient (Wildman–Crippen LogP) is 3.03. The van der Waals surface area contributed by atoms with Gasteiger partial charge >= 0.3 is 0 Å². The lowest BCUT2D eigenvalue weighted by molar-refractivity contribution is 0.0886. The summed E-state index contributed by atoms with van der Waals surface area (Å²) in [5, 5.41) is 3.59. The van der Waals surface area contributed by atoms with Crippen molar-refractivity contribution in [2.45, 2.75) is 64.8 Å². The van der Waals surface area contributed by atoms with Crippen LogP contribution in [0, 0.1) is 5.41 Å². The van der Waals surface area contributed by atoms with Crippen LogP contribution < -0.4 is 5.32 Å². The molecule has 0 bridgehead atoms. The van der Waals surface area contributed by atoms with Crippen LogP contribution in [0.5, 0.6) is 0 Å². The fourth-order valence-corrected chi connectivity index (χ4v) is 3.90. The molecular weight excluding hydrogens is 208 g/mol. The fraction of sp³-hybridized carbons (Fsp3) is 1.00. The normalized spacial score (nSPS) is 25.6. The van der Waals surface area contributed by atoms with E-state index in [1.807, 2.05) is 0 Å². The molecule has 100 valence electrons. The Labute approximate surface area is 107 Å². The van der Waals surface area contributed by atoms with Gasteiger partial charge in [-0.15, -0.1) is 0 Å². The van der Waals surface area contributed by atoms with E-state index in [0.29, 0.717) is 0 Å². The molecule has 2 nitrogen and oxygen atoms in total. The lowest BCUT2D eigenvalue weighted by Gasteiger charge is -2.42. The van der Waals surface area contributed by atoms with E-state index in [-0.39, 0.29) is 5.54 Å². The largest absolute Gasteiger partial charge is 0.311 e. The second-order valence-electron chi connectivity index (χ2n) is 6.90. The smallest absolute Gasteiger partial charge is 0.0252 e. The topological polar surface area (TPSA) is 15.3 Å². The minimum Gasteiger partial charge on any atom is -0.311 e. The van der Waals surface area contributed by atoms with Gasteiger partial charge in [0.25, 0.3) is 0 Å². The summed E-state index contributed by atoms with van der Waals surface area (Å²) in [4.78, 5) is 2.67. The maximum absolute atomic E-state index is 3.59. The molecule has 1 N–H and O–H groups in total. The SMILES string of the molecule is CCNC(C)(C)CN1CCC2(CCCC2)CC1. The van der Waals surface area contributed by atoms with Gasteiger partial charge in [0.05, 0.1) is 0 Å². The van der Waals surface area contributed by atoms with Crippen LogP contribution in [0.15, 0.2) is 0 Å². The molecule has 0 atom stereocenters. The first-order valence-electron chi connectivity index (χ1n) is 7.53. The molecule has 0 aromatic carbocycles. The zero-order valence-corrected chi connectivity index (χ0v) is 12.0. The van der Waals surface area contributed by atoms with Gasteiger partial charge in [0.2, 0.25) is 0 Å². The van der Waals surface area contributed by atoms with Crippen molar-refractivity contribution >= 4 is 0 Å². The van der Waals surface area contributed by atoms with E-state index in [9.17, 15) is 0 Å². The maximum Gasteiger partial charge on any atom is 0.0252 e. The third-order valence-electron chi connectivity index (χ3n) is 4.86. The first-order chi connectivity index (χ1) is 8.05. The highest BCUT2D eigenvalue weighted by Gasteiger charge is 2.37. The zero-order chi connectivity index (χ0) is 12.4. The summed E-state index contributed by atoms with van der Waals surface area (Å²) in [5.74, 6) is 0. The van der Waals surface area contributed by atoms with Gasteiger partial charge in [-0.25, -0.2) is 0 Å². The number of hydrogen-bond acceptors (Lipinski definition) is 2. The van der Waals surface area contributed by atoms with Gasteiger partial charge in [0, 0.05) is 12.1 Å². The van der Waals surface area contributed by atoms with Crippen LogP contribution in [0.3, 0.4) is 0 Å². The van der Waals surface area contributed by atoms with Crippen LogP contribution in [0.1, 0.15) is 59.3 Å². The number of nitrogens with zero attached hydrogens (tertiary/aromatic N) is 1. The molecule has 1 heterocycles. The van der Waals surface area contributed by atoms with Gasteiger partial charge in [-0.3, -0.25) is 0 Å². The van der Waals surface area contributed by atoms with Gasteiger partial charge < -0.3 is 10.2 Å². The highest BCUT2D eigenvalue weighted by molar-refractivity contribution is 4.91. The van der Waals surface area contributed by atoms with Crippen LogP contribution in [-0.2, 0) is 0 Å². The molecule has 2 heteroatoms. The number of rotatable bonds is 4. The third kappa shape index (κ3) is 3.45. The first kappa shape index (κ1) is 13.4. The van der Waals surface area contributed by atoms with Crippen LogP contribution in [-0.4, -0.2) is 36.6 Å². The Morgan fingerprint density at radius 3 is 2.18 bits per heavy atom. The fourth-order valence-electron chi connectivity index (χ4n) is 3.90. The molecule has 0 amide bonds. The summed E-state index contributed by atoms with van der Waals surface area (Å²) in [6, 6.07) is 0. The number of likely N-dealkylation sites (tertiary alicyclic amines) is 1. The molecule has 1 spiro atoms. The van der Waals surface area contributed by atoms with Gasteiger partial charge in [0.1, 0.15) is 0 Å². The summed E-state index contributed by atoms with van der Waals surface area (Å²) < 4.78 is 0. The molecule has 2 fully saturated rings. The Morgan fingerprint density at radius 2 is 1.65 bits per heavy atom. The van der Waals surface area contributed by atoms with Crippen molar-refractivity contribution in [1.82, 2.24) is 10.2 Å². The highest BCUT2D eigenvalue weighted by Crippen LogP contribution is 2.46. The van der Waals surface area contributed by atoms with E-state index < -0.39 is 0 Å². The van der Waals surface area contributed by atoms with Crippen LogP contribution in [0.2, 0.25) is 0 Å². The van der Waals surface area contributed by atoms with E-state index in [4.69, 9.17) is 0 Å². The molecule has 1 aliphatic heterocycles. The van der Waals surface area contributed by atoms with Crippen molar-refractivity contribution in [3.05, 3.63) is 0 Å². The molecule has 0 radical (unpaired) electrons. The van der Waals surface area contributed by atoms with Crippen molar-refractivity contribution in [1.29, 1.82) is 0 Å². The number of hydrogen-bond donors (Lipinski definition) is 1. The van der Waals surface area contributed by atoms with Crippen molar-refractivity contribution in [3.63, 3.8) is 0 Å². The average Bonchev–Trinajstić information content (AvgIpc) is 2.70. The van der Waals surface area contributed by atoms with Gasteiger partial charge in [-0.2, -0.15) is 0 Å². The molecule has 0 aromatic rings.